The van der Waals surface area contributed by atoms with Crippen LogP contribution in [0.2, 0.25) is 0 Å². The molecule has 0 saturated heterocycles. The molecule has 2 rings (SSSR count). The molecule has 1 aliphatic rings. The van der Waals surface area contributed by atoms with Gasteiger partial charge in [0.05, 0.1) is 11.3 Å². The summed E-state index contributed by atoms with van der Waals surface area (Å²) in [6, 6.07) is 5.51. The Morgan fingerprint density at radius 3 is 2.88 bits per heavy atom. The zero-order valence-electron chi connectivity index (χ0n) is 9.61. The number of rotatable bonds is 2. The van der Waals surface area contributed by atoms with E-state index in [9.17, 15) is 9.90 Å². The molecule has 17 heavy (non-hydrogen) atoms. The van der Waals surface area contributed by atoms with Gasteiger partial charge in [-0.2, -0.15) is 0 Å². The van der Waals surface area contributed by atoms with Gasteiger partial charge in [0.2, 0.25) is 0 Å². The number of carboxylic acids is 1. The molecule has 0 aliphatic carbocycles. The molecule has 90 valence electrons. The second kappa shape index (κ2) is 4.92. The topological polar surface area (TPSA) is 40.5 Å². The normalized spacial score (nSPS) is 15.6. The second-order valence-electron chi connectivity index (χ2n) is 4.20. The Hall–Kier alpha value is -1.29. The van der Waals surface area contributed by atoms with E-state index in [1.807, 2.05) is 12.1 Å². The van der Waals surface area contributed by atoms with Crippen molar-refractivity contribution >= 4 is 27.6 Å². The van der Waals surface area contributed by atoms with Crippen LogP contribution in [-0.4, -0.2) is 24.2 Å². The van der Waals surface area contributed by atoms with Gasteiger partial charge in [0.15, 0.2) is 0 Å². The molecule has 0 bridgehead atoms. The highest BCUT2D eigenvalue weighted by atomic mass is 79.9. The van der Waals surface area contributed by atoms with Gasteiger partial charge in [0.25, 0.3) is 0 Å². The second-order valence-corrected chi connectivity index (χ2v) is 5.05. The van der Waals surface area contributed by atoms with Crippen molar-refractivity contribution in [3.63, 3.8) is 0 Å². The van der Waals surface area contributed by atoms with Crippen molar-refractivity contribution in [3.8, 4) is 0 Å². The summed E-state index contributed by atoms with van der Waals surface area (Å²) < 4.78 is 0.634. The third kappa shape index (κ3) is 2.52. The maximum Gasteiger partial charge on any atom is 0.338 e. The molecule has 4 heteroatoms. The first-order valence-electron chi connectivity index (χ1n) is 5.52. The van der Waals surface area contributed by atoms with Gasteiger partial charge >= 0.3 is 5.97 Å². The Kier molecular flexibility index (Phi) is 3.52. The predicted octanol–water partition coefficient (Wildman–Crippen LogP) is 3.30. The first kappa shape index (κ1) is 12.2. The first-order valence-corrected chi connectivity index (χ1v) is 6.31. The summed E-state index contributed by atoms with van der Waals surface area (Å²) in [7, 11) is 0. The summed E-state index contributed by atoms with van der Waals surface area (Å²) in [5, 5.41) is 9.27. The molecule has 0 fully saturated rings. The molecule has 0 aromatic heterocycles. The number of benzene rings is 1. The monoisotopic (exact) mass is 295 g/mol. The maximum absolute atomic E-state index is 11.3. The van der Waals surface area contributed by atoms with E-state index in [1.165, 1.54) is 5.57 Å². The summed E-state index contributed by atoms with van der Waals surface area (Å²) in [6.07, 6.45) is 3.17. The van der Waals surface area contributed by atoms with Gasteiger partial charge in [-0.1, -0.05) is 17.7 Å². The maximum atomic E-state index is 11.3. The fourth-order valence-corrected chi connectivity index (χ4v) is 2.63. The summed E-state index contributed by atoms with van der Waals surface area (Å²) in [5.74, 6) is -0.889. The minimum Gasteiger partial charge on any atom is -0.478 e. The molecule has 0 radical (unpaired) electrons. The highest BCUT2D eigenvalue weighted by Gasteiger charge is 2.20. The fraction of sp³-hybridized carbons (Fsp3) is 0.308. The zero-order valence-corrected chi connectivity index (χ0v) is 11.2. The number of hydrogen-bond donors (Lipinski definition) is 1. The van der Waals surface area contributed by atoms with Gasteiger partial charge in [-0.25, -0.2) is 4.79 Å². The molecule has 1 aromatic carbocycles. The average Bonchev–Trinajstić information content (AvgIpc) is 2.28. The van der Waals surface area contributed by atoms with Crippen molar-refractivity contribution in [3.05, 3.63) is 39.9 Å². The Labute approximate surface area is 109 Å². The molecule has 0 spiro atoms. The van der Waals surface area contributed by atoms with Crippen molar-refractivity contribution in [1.82, 2.24) is 0 Å². The molecular weight excluding hydrogens is 282 g/mol. The molecule has 3 nitrogen and oxygen atoms in total. The third-order valence-electron chi connectivity index (χ3n) is 2.88. The van der Waals surface area contributed by atoms with Crippen LogP contribution in [0.25, 0.3) is 0 Å². The Morgan fingerprint density at radius 2 is 2.24 bits per heavy atom. The lowest BCUT2D eigenvalue weighted by Crippen LogP contribution is -2.30. The highest BCUT2D eigenvalue weighted by molar-refractivity contribution is 9.10. The lowest BCUT2D eigenvalue weighted by Gasteiger charge is -2.29. The van der Waals surface area contributed by atoms with Crippen molar-refractivity contribution in [2.75, 3.05) is 18.0 Å². The van der Waals surface area contributed by atoms with Crippen molar-refractivity contribution in [2.24, 2.45) is 0 Å². The average molecular weight is 296 g/mol. The number of carboxylic acid groups (broad SMARTS) is 1. The number of hydrogen-bond acceptors (Lipinski definition) is 2. The van der Waals surface area contributed by atoms with Crippen LogP contribution in [-0.2, 0) is 0 Å². The van der Waals surface area contributed by atoms with Crippen LogP contribution < -0.4 is 4.90 Å². The smallest absolute Gasteiger partial charge is 0.338 e. The number of halogens is 1. The van der Waals surface area contributed by atoms with Gasteiger partial charge in [0.1, 0.15) is 0 Å². The van der Waals surface area contributed by atoms with Gasteiger partial charge in [-0.05, 0) is 41.4 Å². The number of anilines is 1. The van der Waals surface area contributed by atoms with Gasteiger partial charge in [0, 0.05) is 17.6 Å². The largest absolute Gasteiger partial charge is 0.478 e. The van der Waals surface area contributed by atoms with Crippen LogP contribution in [0.3, 0.4) is 0 Å². The van der Waals surface area contributed by atoms with Crippen LogP contribution in [0.4, 0.5) is 5.69 Å². The fourth-order valence-electron chi connectivity index (χ4n) is 2.11. The molecule has 1 heterocycles. The van der Waals surface area contributed by atoms with E-state index in [0.29, 0.717) is 10.0 Å². The minimum atomic E-state index is -0.889. The lowest BCUT2D eigenvalue weighted by atomic mass is 10.1. The van der Waals surface area contributed by atoms with E-state index in [0.717, 1.165) is 25.2 Å². The van der Waals surface area contributed by atoms with Crippen molar-refractivity contribution < 1.29 is 9.90 Å². The van der Waals surface area contributed by atoms with E-state index in [1.54, 1.807) is 6.07 Å². The van der Waals surface area contributed by atoms with E-state index in [2.05, 4.69) is 33.8 Å². The standard InChI is InChI=1S/C13H14BrNO2/c1-9-4-3-7-15(8-9)11-6-2-5-10(14)12(11)13(16)17/h2,4-6H,3,7-8H2,1H3,(H,16,17). The van der Waals surface area contributed by atoms with Crippen LogP contribution >= 0.6 is 15.9 Å². The van der Waals surface area contributed by atoms with Gasteiger partial charge < -0.3 is 10.0 Å². The minimum absolute atomic E-state index is 0.349. The van der Waals surface area contributed by atoms with Crippen LogP contribution in [0.5, 0.6) is 0 Å². The number of carbonyl (C=O) groups is 1. The van der Waals surface area contributed by atoms with E-state index in [-0.39, 0.29) is 0 Å². The Morgan fingerprint density at radius 1 is 1.47 bits per heavy atom. The van der Waals surface area contributed by atoms with Crippen molar-refractivity contribution in [1.29, 1.82) is 0 Å². The van der Waals surface area contributed by atoms with Crippen LogP contribution in [0.15, 0.2) is 34.3 Å². The molecule has 0 atom stereocenters. The quantitative estimate of drug-likeness (QED) is 0.851. The zero-order chi connectivity index (χ0) is 12.4. The molecule has 0 unspecified atom stereocenters. The Balaban J connectivity index is 2.42. The molecule has 1 N–H and O–H groups in total. The molecule has 0 amide bonds. The molecule has 0 saturated carbocycles. The highest BCUT2D eigenvalue weighted by Crippen LogP contribution is 2.29. The van der Waals surface area contributed by atoms with Crippen LogP contribution in [0, 0.1) is 0 Å². The van der Waals surface area contributed by atoms with Crippen molar-refractivity contribution in [2.45, 2.75) is 13.3 Å². The summed E-state index contributed by atoms with van der Waals surface area (Å²) >= 11 is 3.31. The summed E-state index contributed by atoms with van der Waals surface area (Å²) in [5.41, 5.74) is 2.43. The van der Waals surface area contributed by atoms with Gasteiger partial charge in [-0.15, -0.1) is 0 Å². The van der Waals surface area contributed by atoms with Crippen LogP contribution in [0.1, 0.15) is 23.7 Å². The third-order valence-corrected chi connectivity index (χ3v) is 3.54. The lowest BCUT2D eigenvalue weighted by molar-refractivity contribution is 0.0696. The van der Waals surface area contributed by atoms with E-state index < -0.39 is 5.97 Å². The summed E-state index contributed by atoms with van der Waals surface area (Å²) in [4.78, 5) is 13.4. The van der Waals surface area contributed by atoms with E-state index in [4.69, 9.17) is 0 Å². The molecule has 1 aromatic rings. The molecule has 1 aliphatic heterocycles. The van der Waals surface area contributed by atoms with E-state index >= 15 is 0 Å². The Bertz CT molecular complexity index is 482. The number of aromatic carboxylic acids is 1. The van der Waals surface area contributed by atoms with Gasteiger partial charge in [-0.3, -0.25) is 0 Å². The predicted molar refractivity (Wildman–Crippen MR) is 71.7 cm³/mol. The molecular formula is C13H14BrNO2. The SMILES string of the molecule is CC1=CCCN(c2cccc(Br)c2C(=O)O)C1. The number of nitrogens with zero attached hydrogens (tertiary/aromatic N) is 1. The first-order chi connectivity index (χ1) is 8.09. The summed E-state index contributed by atoms with van der Waals surface area (Å²) in [6.45, 7) is 3.75.